The maximum absolute atomic E-state index is 12.9. The maximum atomic E-state index is 12.9. The second-order valence-corrected chi connectivity index (χ2v) is 26.0. The van der Waals surface area contributed by atoms with E-state index in [-0.39, 0.29) is 105 Å². The monoisotopic (exact) mass is 1620 g/mol. The predicted octanol–water partition coefficient (Wildman–Crippen LogP) is 11.0. The van der Waals surface area contributed by atoms with Crippen LogP contribution in [0.25, 0.3) is 0 Å². The van der Waals surface area contributed by atoms with Gasteiger partial charge in [0, 0.05) is 108 Å². The highest BCUT2D eigenvalue weighted by molar-refractivity contribution is 5.89. The largest absolute Gasteiger partial charge is 0.497 e. The van der Waals surface area contributed by atoms with Crippen molar-refractivity contribution < 1.29 is 57.1 Å². The average Bonchev–Trinajstić information content (AvgIpc) is 0.865. The molecule has 0 aliphatic rings. The van der Waals surface area contributed by atoms with Crippen molar-refractivity contribution in [2.24, 2.45) is 20.5 Å². The Balaban J connectivity index is 0.000000324. The third-order valence-corrected chi connectivity index (χ3v) is 17.4. The van der Waals surface area contributed by atoms with E-state index in [1.54, 1.807) is 64.8 Å². The van der Waals surface area contributed by atoms with Crippen LogP contribution < -0.4 is 88.8 Å². The fraction of sp³-hybridized carbons (Fsp3) is 0.443. The summed E-state index contributed by atoms with van der Waals surface area (Å²) in [4.78, 5) is 132. The number of ether oxygens (including phenoxy) is 8. The maximum Gasteiger partial charge on any atom is 0.321 e. The summed E-state index contributed by atoms with van der Waals surface area (Å²) in [6.45, 7) is 13.2. The van der Waals surface area contributed by atoms with E-state index in [1.165, 1.54) is 18.2 Å². The number of aromatic nitrogens is 8. The van der Waals surface area contributed by atoms with E-state index in [2.05, 4.69) is 131 Å². The van der Waals surface area contributed by atoms with Gasteiger partial charge in [0.15, 0.2) is 0 Å². The Morgan fingerprint density at radius 2 is 0.735 bits per heavy atom. The van der Waals surface area contributed by atoms with E-state index >= 15 is 0 Å². The van der Waals surface area contributed by atoms with Crippen LogP contribution in [0, 0.1) is 0 Å². The number of benzene rings is 4. The summed E-state index contributed by atoms with van der Waals surface area (Å²) in [5, 5.41) is 38.8. The molecule has 38 heteroatoms. The van der Waals surface area contributed by atoms with Crippen LogP contribution in [0.15, 0.2) is 161 Å². The summed E-state index contributed by atoms with van der Waals surface area (Å²) >= 11 is 0. The van der Waals surface area contributed by atoms with Gasteiger partial charge in [-0.2, -0.15) is 25.4 Å². The number of hydrogen-bond acceptors (Lipinski definition) is 26. The first-order valence-electron chi connectivity index (χ1n) is 38.7. The third-order valence-electron chi connectivity index (χ3n) is 17.4. The number of hydrogen-bond donors (Lipinski definition) is 12. The summed E-state index contributed by atoms with van der Waals surface area (Å²) in [7, 11) is 6.34. The highest BCUT2D eigenvalue weighted by Crippen LogP contribution is 2.28. The van der Waals surface area contributed by atoms with Gasteiger partial charge in [0.05, 0.1) is 113 Å². The molecule has 38 nitrogen and oxygen atoms in total. The number of carbonyl (C=O) groups excluding carboxylic acids is 4. The van der Waals surface area contributed by atoms with Crippen molar-refractivity contribution in [3.63, 3.8) is 0 Å². The number of methoxy groups -OCH3 is 4. The number of rotatable bonds is 49. The molecule has 0 aliphatic carbocycles. The summed E-state index contributed by atoms with van der Waals surface area (Å²) in [5.74, 6) is 1.71. The molecule has 630 valence electrons. The second kappa shape index (κ2) is 52.1. The summed E-state index contributed by atoms with van der Waals surface area (Å²) < 4.78 is 41.9. The second-order valence-electron chi connectivity index (χ2n) is 26.0. The molecule has 0 aliphatic heterocycles. The number of amides is 8. The Morgan fingerprint density at radius 1 is 0.402 bits per heavy atom. The molecule has 4 aromatic heterocycles. The fourth-order valence-electron chi connectivity index (χ4n) is 11.3. The SMILES string of the molecule is CCCCC(CC)c1cc(=O)[nH]c(NC(=O)NCCN(CCNC(=O)Nc2nc(C(CC)CCCC)cc(=O)[nH]2)c2ccc(N=Nc3ccc(OC)cc3)cc2)n1.COCCOCCOCc1cc(=O)[nH]c(NC(=O)NCCN(CCNC(=O)Nc2nc(OCCOCCOC)cc(=O)[nH]2)c2ccc(N=Nc3ccc(OC)cc3)cc2)n1. The van der Waals surface area contributed by atoms with E-state index < -0.39 is 35.2 Å². The van der Waals surface area contributed by atoms with E-state index in [1.807, 2.05) is 70.5 Å². The Morgan fingerprint density at radius 3 is 1.10 bits per heavy atom. The minimum Gasteiger partial charge on any atom is -0.497 e. The molecule has 0 spiro atoms. The molecule has 0 fully saturated rings. The van der Waals surface area contributed by atoms with Crippen molar-refractivity contribution in [1.82, 2.24) is 61.1 Å². The number of carbonyl (C=O) groups is 4. The Kier molecular flexibility index (Phi) is 40.8. The number of anilines is 6. The molecule has 0 bridgehead atoms. The van der Waals surface area contributed by atoms with E-state index in [9.17, 15) is 38.4 Å². The van der Waals surface area contributed by atoms with Gasteiger partial charge in [0.25, 0.3) is 22.2 Å². The molecule has 8 rings (SSSR count). The first-order chi connectivity index (χ1) is 56.9. The van der Waals surface area contributed by atoms with Crippen molar-refractivity contribution in [2.45, 2.75) is 97.5 Å². The molecule has 2 unspecified atom stereocenters. The minimum absolute atomic E-state index is 0.0125. The van der Waals surface area contributed by atoms with Crippen molar-refractivity contribution in [2.75, 3.05) is 165 Å². The molecule has 2 atom stereocenters. The summed E-state index contributed by atoms with van der Waals surface area (Å²) in [6, 6.07) is 32.2. The standard InChI is InChI=1S/C41H57N11O5.C38H51N11O11/c1-6-10-12-28(8-3)34-26-36(53)46-38(44-34)48-40(55)42-22-24-52(32-18-14-30(15-19-32)50-51-31-16-20-33(57-5)21-17-31)25-23-43-41(56)49-39-45-35(27-37(54)47-39)29(9-4)13-11-7-2;1-54-16-18-57-20-21-59-26-29-24-32(50)42-35(41-29)45-37(52)39-12-14-49(30-8-4-27(5-9-30)47-48-28-6-10-31(56-3)11-7-28)15-13-40-38(53)46-36-43-33(51)25-34(44-36)60-23-22-58-19-17-55-2/h14-21,26-29H,6-13,22-25H2,1-5H3,(H3,42,44,46,48,53,55)(H3,43,45,47,49,54,56);4-11,24-25H,12-23,26H2,1-3H3,(H3,39,41,42,45,50,52)(H3,40,43,44,46,51,53). The minimum atomic E-state index is -0.630. The van der Waals surface area contributed by atoms with Crippen LogP contribution in [-0.4, -0.2) is 198 Å². The zero-order valence-electron chi connectivity index (χ0n) is 67.4. The van der Waals surface area contributed by atoms with Gasteiger partial charge < -0.3 is 69.0 Å². The molecule has 0 radical (unpaired) electrons. The van der Waals surface area contributed by atoms with Crippen molar-refractivity contribution in [3.05, 3.63) is 180 Å². The van der Waals surface area contributed by atoms with E-state index in [0.29, 0.717) is 105 Å². The summed E-state index contributed by atoms with van der Waals surface area (Å²) in [5.41, 5.74) is 4.13. The van der Waals surface area contributed by atoms with E-state index in [0.717, 1.165) is 74.6 Å². The molecule has 8 aromatic rings. The van der Waals surface area contributed by atoms with Crippen LogP contribution in [0.3, 0.4) is 0 Å². The number of nitrogens with one attached hydrogen (secondary N) is 12. The molecule has 4 aromatic carbocycles. The topological polar surface area (TPSA) is 477 Å². The normalized spacial score (nSPS) is 11.6. The number of unbranched alkanes of at least 4 members (excludes halogenated alkanes) is 2. The van der Waals surface area contributed by atoms with Crippen molar-refractivity contribution in [1.29, 1.82) is 0 Å². The van der Waals surface area contributed by atoms with Crippen LogP contribution in [0.1, 0.15) is 108 Å². The summed E-state index contributed by atoms with van der Waals surface area (Å²) in [6.07, 6.45) is 7.63. The first-order valence-corrected chi connectivity index (χ1v) is 38.7. The molecular formula is C79H108N22O16. The van der Waals surface area contributed by atoms with Crippen molar-refractivity contribution in [3.8, 4) is 17.4 Å². The molecule has 0 saturated heterocycles. The lowest BCUT2D eigenvalue weighted by Crippen LogP contribution is -2.41. The van der Waals surface area contributed by atoms with Gasteiger partial charge in [-0.3, -0.25) is 60.4 Å². The molecule has 8 amide bonds. The molecule has 4 heterocycles. The molecule has 12 N–H and O–H groups in total. The van der Waals surface area contributed by atoms with Crippen molar-refractivity contribution >= 4 is 82.0 Å². The predicted molar refractivity (Wildman–Crippen MR) is 445 cm³/mol. The highest BCUT2D eigenvalue weighted by Gasteiger charge is 2.19. The first kappa shape index (κ1) is 91.7. The number of azo groups is 2. The van der Waals surface area contributed by atoms with Crippen LogP contribution >= 0.6 is 0 Å². The smallest absolute Gasteiger partial charge is 0.321 e. The molecule has 0 saturated carbocycles. The Bertz CT molecular complexity index is 4520. The number of aromatic amines is 4. The average molecular weight is 1620 g/mol. The number of H-pyrrole nitrogens is 4. The van der Waals surface area contributed by atoms with Gasteiger partial charge in [-0.05, 0) is 123 Å². The fourth-order valence-corrected chi connectivity index (χ4v) is 11.3. The zero-order valence-corrected chi connectivity index (χ0v) is 67.4. The highest BCUT2D eigenvalue weighted by atomic mass is 16.5. The van der Waals surface area contributed by atoms with Gasteiger partial charge in [0.2, 0.25) is 29.7 Å². The van der Waals surface area contributed by atoms with Crippen LogP contribution in [0.5, 0.6) is 17.4 Å². The van der Waals surface area contributed by atoms with Crippen LogP contribution in [0.2, 0.25) is 0 Å². The third kappa shape index (κ3) is 35.0. The lowest BCUT2D eigenvalue weighted by molar-refractivity contribution is 0.0192. The lowest BCUT2D eigenvalue weighted by Gasteiger charge is -2.25. The van der Waals surface area contributed by atoms with Crippen LogP contribution in [0.4, 0.5) is 77.1 Å². The lowest BCUT2D eigenvalue weighted by atomic mass is 9.96. The van der Waals surface area contributed by atoms with Gasteiger partial charge in [-0.25, -0.2) is 34.1 Å². The Labute approximate surface area is 677 Å². The number of nitrogens with zero attached hydrogens (tertiary/aromatic N) is 10. The van der Waals surface area contributed by atoms with E-state index in [4.69, 9.17) is 37.9 Å². The van der Waals surface area contributed by atoms with Gasteiger partial charge in [0.1, 0.15) is 18.1 Å². The Hall–Kier alpha value is -12.5. The molecule has 117 heavy (non-hydrogen) atoms. The van der Waals surface area contributed by atoms with Gasteiger partial charge in [-0.15, -0.1) is 0 Å². The molecular weight excluding hydrogens is 1510 g/mol. The van der Waals surface area contributed by atoms with Gasteiger partial charge >= 0.3 is 24.1 Å². The zero-order chi connectivity index (χ0) is 83.8. The van der Waals surface area contributed by atoms with Gasteiger partial charge in [-0.1, -0.05) is 53.4 Å². The van der Waals surface area contributed by atoms with Crippen LogP contribution in [-0.2, 0) is 30.3 Å². The quantitative estimate of drug-likeness (QED) is 0.0124. The number of urea groups is 4.